The van der Waals surface area contributed by atoms with Gasteiger partial charge in [0.05, 0.1) is 18.0 Å². The van der Waals surface area contributed by atoms with Gasteiger partial charge in [0.15, 0.2) is 5.92 Å². The maximum absolute atomic E-state index is 13.4. The summed E-state index contributed by atoms with van der Waals surface area (Å²) in [6, 6.07) is 8.39. The minimum atomic E-state index is -4.86. The minimum Gasteiger partial charge on any atom is -0.288 e. The molecule has 0 spiro atoms. The maximum atomic E-state index is 13.4. The zero-order valence-corrected chi connectivity index (χ0v) is 13.1. The number of allylic oxidation sites excluding steroid dienone is 1. The highest BCUT2D eigenvalue weighted by molar-refractivity contribution is 6.27. The first kappa shape index (κ1) is 17.7. The second-order valence-corrected chi connectivity index (χ2v) is 5.63. The van der Waals surface area contributed by atoms with Crippen molar-refractivity contribution in [2.45, 2.75) is 18.1 Å². The summed E-state index contributed by atoms with van der Waals surface area (Å²) in [4.78, 5) is 3.47. The highest BCUT2D eigenvalue weighted by Gasteiger charge is 2.62. The molecular formula is C16H10ClF3N4. The molecule has 1 aliphatic carbocycles. The normalized spacial score (nSPS) is 24.5. The average Bonchev–Trinajstić information content (AvgIpc) is 2.53. The van der Waals surface area contributed by atoms with Gasteiger partial charge in [0.25, 0.3) is 0 Å². The van der Waals surface area contributed by atoms with E-state index in [0.717, 1.165) is 6.08 Å². The molecule has 2 atom stereocenters. The van der Waals surface area contributed by atoms with Crippen molar-refractivity contribution in [1.29, 1.82) is 0 Å². The third-order valence-corrected chi connectivity index (χ3v) is 3.77. The Balaban J connectivity index is 2.60. The molecule has 24 heavy (non-hydrogen) atoms. The molecule has 1 aromatic rings. The number of rotatable bonds is 2. The van der Waals surface area contributed by atoms with Crippen LogP contribution in [0.25, 0.3) is 9.69 Å². The van der Waals surface area contributed by atoms with Gasteiger partial charge in [-0.3, -0.25) is 4.85 Å². The van der Waals surface area contributed by atoms with Crippen LogP contribution in [0.5, 0.6) is 0 Å². The van der Waals surface area contributed by atoms with Crippen LogP contribution in [-0.2, 0) is 0 Å². The fourth-order valence-electron chi connectivity index (χ4n) is 2.32. The predicted molar refractivity (Wildman–Crippen MR) is 83.1 cm³/mol. The number of benzene rings is 1. The van der Waals surface area contributed by atoms with Crippen molar-refractivity contribution in [3.8, 4) is 0 Å². The van der Waals surface area contributed by atoms with E-state index in [-0.39, 0.29) is 11.3 Å². The summed E-state index contributed by atoms with van der Waals surface area (Å²) < 4.78 is 40.3. The van der Waals surface area contributed by atoms with Crippen LogP contribution in [0.15, 0.2) is 63.6 Å². The van der Waals surface area contributed by atoms with E-state index in [0.29, 0.717) is 5.69 Å². The van der Waals surface area contributed by atoms with E-state index >= 15 is 0 Å². The highest BCUT2D eigenvalue weighted by Crippen LogP contribution is 2.50. The molecule has 2 rings (SSSR count). The lowest BCUT2D eigenvalue weighted by Gasteiger charge is -2.29. The van der Waals surface area contributed by atoms with E-state index in [9.17, 15) is 13.2 Å². The van der Waals surface area contributed by atoms with Crippen molar-refractivity contribution < 1.29 is 13.2 Å². The molecule has 2 unspecified atom stereocenters. The molecule has 8 heteroatoms. The summed E-state index contributed by atoms with van der Waals surface area (Å²) in [5.41, 5.74) is -0.310. The number of hydrogen-bond acceptors (Lipinski definition) is 2. The molecule has 0 bridgehead atoms. The summed E-state index contributed by atoms with van der Waals surface area (Å²) in [5.74, 6) is -2.46. The zero-order chi connectivity index (χ0) is 18.0. The average molecular weight is 351 g/mol. The number of halogens is 4. The van der Waals surface area contributed by atoms with Gasteiger partial charge in [0.2, 0.25) is 5.70 Å². The lowest BCUT2D eigenvalue weighted by Crippen LogP contribution is -2.41. The van der Waals surface area contributed by atoms with Gasteiger partial charge in [-0.05, 0) is 36.2 Å². The van der Waals surface area contributed by atoms with Crippen molar-refractivity contribution in [2.75, 3.05) is 0 Å². The van der Waals surface area contributed by atoms with Crippen LogP contribution in [0.4, 0.5) is 18.9 Å². The molecule has 0 amide bonds. The van der Waals surface area contributed by atoms with Crippen LogP contribution in [0.2, 0.25) is 0 Å². The van der Waals surface area contributed by atoms with Gasteiger partial charge < -0.3 is 0 Å². The van der Waals surface area contributed by atoms with E-state index in [2.05, 4.69) is 19.9 Å². The molecule has 0 radical (unpaired) electrons. The van der Waals surface area contributed by atoms with E-state index in [1.54, 1.807) is 30.3 Å². The summed E-state index contributed by atoms with van der Waals surface area (Å²) in [6.45, 7) is 15.6. The van der Waals surface area contributed by atoms with Gasteiger partial charge in [-0.15, -0.1) is 0 Å². The summed E-state index contributed by atoms with van der Waals surface area (Å²) in [7, 11) is 0. The number of alkyl halides is 4. The fourth-order valence-corrected chi connectivity index (χ4v) is 2.71. The van der Waals surface area contributed by atoms with Crippen molar-refractivity contribution in [2.24, 2.45) is 16.1 Å². The standard InChI is InChI=1S/C16H10ClF3N4/c1-10-9-15(17,22-3)14(16(18,19)20)13(21-2)12(10)24-23-11-7-5-4-6-8-11/h4-9,14H,1H3. The molecule has 1 aliphatic rings. The Morgan fingerprint density at radius 3 is 2.29 bits per heavy atom. The Kier molecular flexibility index (Phi) is 4.77. The SMILES string of the molecule is [C-]#[N+]C1=C(N=Nc2ccccc2)C(C)=CC(Cl)([N+]#[C-])C1C(F)(F)F. The van der Waals surface area contributed by atoms with Crippen LogP contribution in [0, 0.1) is 19.1 Å². The lowest BCUT2D eigenvalue weighted by atomic mass is 9.86. The van der Waals surface area contributed by atoms with E-state index in [1.807, 2.05) is 0 Å². The Hall–Kier alpha value is -2.64. The molecule has 0 heterocycles. The first-order chi connectivity index (χ1) is 11.2. The van der Waals surface area contributed by atoms with Crippen molar-refractivity contribution in [1.82, 2.24) is 0 Å². The molecule has 1 aromatic carbocycles. The molecule has 0 saturated heterocycles. The summed E-state index contributed by atoms with van der Waals surface area (Å²) in [6.07, 6.45) is -3.88. The second-order valence-electron chi connectivity index (χ2n) is 5.02. The van der Waals surface area contributed by atoms with Crippen LogP contribution < -0.4 is 0 Å². The van der Waals surface area contributed by atoms with Gasteiger partial charge in [-0.1, -0.05) is 18.2 Å². The predicted octanol–water partition coefficient (Wildman–Crippen LogP) is 5.89. The van der Waals surface area contributed by atoms with Crippen molar-refractivity contribution >= 4 is 17.3 Å². The van der Waals surface area contributed by atoms with Gasteiger partial charge >= 0.3 is 11.2 Å². The Labute approximate surface area is 141 Å². The van der Waals surface area contributed by atoms with Gasteiger partial charge in [0, 0.05) is 6.08 Å². The van der Waals surface area contributed by atoms with E-state index in [4.69, 9.17) is 24.7 Å². The Morgan fingerprint density at radius 2 is 1.79 bits per heavy atom. The van der Waals surface area contributed by atoms with Crippen molar-refractivity contribution in [3.05, 3.63) is 76.2 Å². The third-order valence-electron chi connectivity index (χ3n) is 3.35. The van der Waals surface area contributed by atoms with Crippen LogP contribution in [0.1, 0.15) is 6.92 Å². The van der Waals surface area contributed by atoms with Gasteiger partial charge in [-0.25, -0.2) is 11.4 Å². The monoisotopic (exact) mass is 350 g/mol. The van der Waals surface area contributed by atoms with Gasteiger partial charge in [0.1, 0.15) is 0 Å². The molecule has 0 aliphatic heterocycles. The number of nitrogens with zero attached hydrogens (tertiary/aromatic N) is 4. The Bertz CT molecular complexity index is 812. The maximum Gasteiger partial charge on any atom is 0.397 e. The summed E-state index contributed by atoms with van der Waals surface area (Å²) in [5, 5.41) is 7.68. The number of hydrogen-bond donors (Lipinski definition) is 0. The van der Waals surface area contributed by atoms with Crippen molar-refractivity contribution in [3.63, 3.8) is 0 Å². The van der Waals surface area contributed by atoms with E-state index in [1.165, 1.54) is 6.92 Å². The molecule has 122 valence electrons. The molecular weight excluding hydrogens is 341 g/mol. The van der Waals surface area contributed by atoms with Crippen LogP contribution in [-0.4, -0.2) is 11.2 Å². The third kappa shape index (κ3) is 3.32. The second kappa shape index (κ2) is 6.46. The lowest BCUT2D eigenvalue weighted by molar-refractivity contribution is -0.166. The van der Waals surface area contributed by atoms with E-state index < -0.39 is 22.8 Å². The quantitative estimate of drug-likeness (QED) is 0.276. The van der Waals surface area contributed by atoms with Crippen LogP contribution >= 0.6 is 11.6 Å². The molecule has 0 saturated carbocycles. The number of azo groups is 1. The molecule has 0 fully saturated rings. The largest absolute Gasteiger partial charge is 0.397 e. The molecule has 4 nitrogen and oxygen atoms in total. The first-order valence-electron chi connectivity index (χ1n) is 6.65. The zero-order valence-electron chi connectivity index (χ0n) is 12.3. The van der Waals surface area contributed by atoms with Crippen LogP contribution in [0.3, 0.4) is 0 Å². The fraction of sp³-hybridized carbons (Fsp3) is 0.250. The minimum absolute atomic E-state index is 0.201. The first-order valence-corrected chi connectivity index (χ1v) is 7.03. The topological polar surface area (TPSA) is 33.4 Å². The highest BCUT2D eigenvalue weighted by atomic mass is 35.5. The Morgan fingerprint density at radius 1 is 1.17 bits per heavy atom. The molecule has 0 N–H and O–H groups in total. The smallest absolute Gasteiger partial charge is 0.288 e. The molecule has 0 aromatic heterocycles. The van der Waals surface area contributed by atoms with Gasteiger partial charge in [-0.2, -0.15) is 23.4 Å². The summed E-state index contributed by atoms with van der Waals surface area (Å²) >= 11 is 5.86.